The van der Waals surface area contributed by atoms with Crippen molar-refractivity contribution in [3.63, 3.8) is 0 Å². The van der Waals surface area contributed by atoms with Crippen molar-refractivity contribution in [2.24, 2.45) is 0 Å². The number of hydrogen-bond acceptors (Lipinski definition) is 8. The van der Waals surface area contributed by atoms with Crippen molar-refractivity contribution in [3.8, 4) is 0 Å². The predicted molar refractivity (Wildman–Crippen MR) is 135 cm³/mol. The minimum absolute atomic E-state index is 0.00936. The molecule has 5 atom stereocenters. The van der Waals surface area contributed by atoms with Crippen LogP contribution in [0.3, 0.4) is 0 Å². The number of methoxy groups -OCH3 is 1. The van der Waals surface area contributed by atoms with Gasteiger partial charge in [0.05, 0.1) is 23.4 Å². The molecule has 1 aliphatic heterocycles. The van der Waals surface area contributed by atoms with Crippen molar-refractivity contribution in [2.45, 2.75) is 37.3 Å². The Morgan fingerprint density at radius 2 is 2.14 bits per heavy atom. The first kappa shape index (κ1) is 26.7. The highest BCUT2D eigenvalue weighted by Gasteiger charge is 2.38. The number of benzene rings is 1. The predicted octanol–water partition coefficient (Wildman–Crippen LogP) is 0.762. The largest absolute Gasteiger partial charge is 0.468 e. The molecule has 1 saturated heterocycles. The summed E-state index contributed by atoms with van der Waals surface area (Å²) in [6.07, 6.45) is -0.0378. The summed E-state index contributed by atoms with van der Waals surface area (Å²) < 4.78 is 29.7. The molecule has 5 N–H and O–H groups in total. The van der Waals surface area contributed by atoms with Crippen LogP contribution in [0.1, 0.15) is 18.2 Å². The maximum atomic E-state index is 12.8. The molecule has 4 rings (SSSR count). The Morgan fingerprint density at radius 3 is 2.89 bits per heavy atom. The fourth-order valence-electron chi connectivity index (χ4n) is 3.96. The fourth-order valence-corrected chi connectivity index (χ4v) is 5.41. The van der Waals surface area contributed by atoms with Gasteiger partial charge in [-0.3, -0.25) is 23.7 Å². The summed E-state index contributed by atoms with van der Waals surface area (Å²) >= 11 is 1.76. The molecule has 0 bridgehead atoms. The number of aliphatic hydroxyl groups excluding tert-OH is 1. The molecule has 1 aromatic carbocycles. The van der Waals surface area contributed by atoms with E-state index >= 15 is 0 Å². The van der Waals surface area contributed by atoms with E-state index in [1.165, 1.54) is 6.20 Å². The van der Waals surface area contributed by atoms with Gasteiger partial charge in [-0.1, -0.05) is 18.2 Å². The summed E-state index contributed by atoms with van der Waals surface area (Å²) in [5, 5.41) is 13.5. The van der Waals surface area contributed by atoms with Gasteiger partial charge in [-0.2, -0.15) is 0 Å². The van der Waals surface area contributed by atoms with E-state index in [9.17, 15) is 28.9 Å². The topological polar surface area (TPSA) is 185 Å². The van der Waals surface area contributed by atoms with Crippen molar-refractivity contribution in [2.75, 3.05) is 13.7 Å². The lowest BCUT2D eigenvalue weighted by molar-refractivity contribution is -0.142. The first-order valence-corrected chi connectivity index (χ1v) is 13.5. The SMILES string of the molecule is COC(=O)C(Cc1c[nH]c2ccccc12)NP(=O)(O)OC[C@@H]1O[C@H](n2cc(I)c(=O)[nH]c2=O)C[C@H]1O. The Morgan fingerprint density at radius 1 is 1.39 bits per heavy atom. The van der Waals surface area contributed by atoms with Crippen LogP contribution in [0.15, 0.2) is 46.2 Å². The molecule has 36 heavy (non-hydrogen) atoms. The minimum Gasteiger partial charge on any atom is -0.468 e. The second-order valence-electron chi connectivity index (χ2n) is 8.16. The average Bonchev–Trinajstić information content (AvgIpc) is 3.42. The smallest absolute Gasteiger partial charge is 0.403 e. The molecule has 2 unspecified atom stereocenters. The van der Waals surface area contributed by atoms with Crippen LogP contribution in [0.25, 0.3) is 10.9 Å². The number of rotatable bonds is 9. The number of carbonyl (C=O) groups is 1. The zero-order valence-electron chi connectivity index (χ0n) is 18.9. The molecular formula is C21H24IN4O9P. The molecule has 0 radical (unpaired) electrons. The van der Waals surface area contributed by atoms with Gasteiger partial charge in [0.2, 0.25) is 0 Å². The minimum atomic E-state index is -4.56. The standard InChI is InChI=1S/C21H24IN4O9P/c1-33-20(29)15(6-11-8-23-14-5-3-2-4-12(11)14)25-36(31,32)34-10-17-16(27)7-18(35-17)26-9-13(22)19(28)24-21(26)30/h2-5,8-9,15-18,23,27H,6-7,10H2,1H3,(H,24,28,30)(H2,25,31,32)/t15?,16-,17+,18+/m1/s1. The Bertz CT molecular complexity index is 1420. The third-order valence-electron chi connectivity index (χ3n) is 5.76. The summed E-state index contributed by atoms with van der Waals surface area (Å²) in [5.41, 5.74) is 0.312. The monoisotopic (exact) mass is 634 g/mol. The number of para-hydroxylation sites is 1. The summed E-state index contributed by atoms with van der Waals surface area (Å²) in [4.78, 5) is 51.6. The Hall–Kier alpha value is -2.33. The first-order valence-electron chi connectivity index (χ1n) is 10.8. The van der Waals surface area contributed by atoms with Crippen LogP contribution in [-0.4, -0.2) is 62.5 Å². The summed E-state index contributed by atoms with van der Waals surface area (Å²) in [5.74, 6) is -0.762. The maximum absolute atomic E-state index is 12.8. The number of hydrogen-bond donors (Lipinski definition) is 5. The number of fused-ring (bicyclic) bond motifs is 1. The van der Waals surface area contributed by atoms with Crippen LogP contribution in [-0.2, 0) is 29.8 Å². The lowest BCUT2D eigenvalue weighted by Crippen LogP contribution is -2.38. The normalized spacial score (nSPS) is 22.4. The number of H-pyrrole nitrogens is 2. The molecule has 0 amide bonds. The van der Waals surface area contributed by atoms with E-state index in [0.29, 0.717) is 0 Å². The van der Waals surface area contributed by atoms with Gasteiger partial charge in [-0.05, 0) is 34.2 Å². The molecule has 0 aliphatic carbocycles. The van der Waals surface area contributed by atoms with Gasteiger partial charge >= 0.3 is 19.4 Å². The van der Waals surface area contributed by atoms with Gasteiger partial charge in [-0.25, -0.2) is 14.4 Å². The van der Waals surface area contributed by atoms with Gasteiger partial charge in [0, 0.05) is 36.1 Å². The number of carbonyl (C=O) groups excluding carboxylic acids is 1. The zero-order valence-corrected chi connectivity index (χ0v) is 22.0. The van der Waals surface area contributed by atoms with Gasteiger partial charge in [0.15, 0.2) is 0 Å². The van der Waals surface area contributed by atoms with Crippen molar-refractivity contribution in [1.29, 1.82) is 0 Å². The zero-order chi connectivity index (χ0) is 26.0. The van der Waals surface area contributed by atoms with Crippen molar-refractivity contribution < 1.29 is 33.4 Å². The van der Waals surface area contributed by atoms with Crippen LogP contribution < -0.4 is 16.3 Å². The van der Waals surface area contributed by atoms with Crippen molar-refractivity contribution >= 4 is 47.2 Å². The lowest BCUT2D eigenvalue weighted by Gasteiger charge is -2.22. The Balaban J connectivity index is 1.41. The fraction of sp³-hybridized carbons (Fsp3) is 0.381. The molecule has 1 fully saturated rings. The van der Waals surface area contributed by atoms with E-state index in [1.54, 1.807) is 28.8 Å². The number of ether oxygens (including phenoxy) is 2. The number of aromatic amines is 2. The molecule has 3 aromatic rings. The highest BCUT2D eigenvalue weighted by atomic mass is 127. The van der Waals surface area contributed by atoms with Crippen molar-refractivity contribution in [3.05, 3.63) is 66.6 Å². The number of esters is 1. The molecule has 15 heteroatoms. The second-order valence-corrected chi connectivity index (χ2v) is 10.9. The number of aromatic nitrogens is 3. The van der Waals surface area contributed by atoms with E-state index in [4.69, 9.17) is 14.0 Å². The van der Waals surface area contributed by atoms with Crippen LogP contribution in [0, 0.1) is 3.57 Å². The van der Waals surface area contributed by atoms with E-state index in [1.807, 2.05) is 24.3 Å². The van der Waals surface area contributed by atoms with Crippen LogP contribution in [0.5, 0.6) is 0 Å². The van der Waals surface area contributed by atoms with Crippen LogP contribution >= 0.6 is 30.3 Å². The second kappa shape index (κ2) is 11.0. The first-order chi connectivity index (χ1) is 17.1. The quantitative estimate of drug-likeness (QED) is 0.128. The van der Waals surface area contributed by atoms with E-state index in [-0.39, 0.29) is 16.4 Å². The van der Waals surface area contributed by atoms with Gasteiger partial charge in [0.25, 0.3) is 5.56 Å². The Labute approximate surface area is 217 Å². The number of halogens is 1. The summed E-state index contributed by atoms with van der Waals surface area (Å²) in [7, 11) is -3.39. The molecule has 1 aliphatic rings. The van der Waals surface area contributed by atoms with E-state index in [0.717, 1.165) is 28.1 Å². The molecule has 194 valence electrons. The molecule has 0 spiro atoms. The van der Waals surface area contributed by atoms with Gasteiger partial charge in [-0.15, -0.1) is 0 Å². The van der Waals surface area contributed by atoms with Crippen LogP contribution in [0.2, 0.25) is 0 Å². The molecule has 3 heterocycles. The van der Waals surface area contributed by atoms with Crippen LogP contribution in [0.4, 0.5) is 0 Å². The average molecular weight is 634 g/mol. The highest BCUT2D eigenvalue weighted by Crippen LogP contribution is 2.40. The van der Waals surface area contributed by atoms with Gasteiger partial charge < -0.3 is 24.5 Å². The molecule has 0 saturated carbocycles. The molecule has 13 nitrogen and oxygen atoms in total. The number of nitrogens with one attached hydrogen (secondary N) is 3. The molecule has 2 aromatic heterocycles. The molecular weight excluding hydrogens is 610 g/mol. The summed E-state index contributed by atoms with van der Waals surface area (Å²) in [6, 6.07) is 6.21. The highest BCUT2D eigenvalue weighted by molar-refractivity contribution is 14.1. The Kier molecular flexibility index (Phi) is 8.14. The third kappa shape index (κ3) is 5.96. The maximum Gasteiger partial charge on any atom is 0.403 e. The summed E-state index contributed by atoms with van der Waals surface area (Å²) in [6.45, 7) is -0.505. The lowest BCUT2D eigenvalue weighted by atomic mass is 10.1. The third-order valence-corrected chi connectivity index (χ3v) is 7.66. The van der Waals surface area contributed by atoms with E-state index < -0.39 is 56.0 Å². The van der Waals surface area contributed by atoms with E-state index in [2.05, 4.69) is 15.1 Å². The van der Waals surface area contributed by atoms with Crippen molar-refractivity contribution in [1.82, 2.24) is 19.6 Å². The number of nitrogens with zero attached hydrogens (tertiary/aromatic N) is 1. The van der Waals surface area contributed by atoms with Gasteiger partial charge in [0.1, 0.15) is 18.4 Å². The number of aliphatic hydroxyl groups is 1.